The molecule has 1 aliphatic carbocycles. The molecule has 1 aliphatic rings. The van der Waals surface area contributed by atoms with Gasteiger partial charge in [-0.3, -0.25) is 5.10 Å². The number of benzene rings is 2. The van der Waals surface area contributed by atoms with Crippen LogP contribution >= 0.6 is 11.6 Å². The number of para-hydroxylation sites is 1. The third kappa shape index (κ3) is 6.32. The molecule has 1 fully saturated rings. The summed E-state index contributed by atoms with van der Waals surface area (Å²) in [6.07, 6.45) is 3.38. The number of nitrogens with zero attached hydrogens (tertiary/aromatic N) is 4. The van der Waals surface area contributed by atoms with Crippen LogP contribution in [0, 0.1) is 0 Å². The molecule has 2 aromatic carbocycles. The predicted molar refractivity (Wildman–Crippen MR) is 153 cm³/mol. The van der Waals surface area contributed by atoms with Crippen LogP contribution in [0.5, 0.6) is 0 Å². The zero-order chi connectivity index (χ0) is 27.6. The Bertz CT molecular complexity index is 1440. The number of aromatic nitrogens is 4. The molecule has 4 aromatic rings. The molecule has 5 rings (SSSR count). The number of carbonyl (C=O) groups excluding carboxylic acids is 1. The van der Waals surface area contributed by atoms with E-state index in [0.29, 0.717) is 35.3 Å². The van der Waals surface area contributed by atoms with Crippen molar-refractivity contribution >= 4 is 34.5 Å². The molecule has 0 bridgehead atoms. The van der Waals surface area contributed by atoms with Crippen LogP contribution < -0.4 is 11.1 Å². The number of carbonyl (C=O) groups is 1. The van der Waals surface area contributed by atoms with Crippen LogP contribution in [0.3, 0.4) is 0 Å². The molecule has 0 spiro atoms. The molecule has 0 aliphatic heterocycles. The van der Waals surface area contributed by atoms with Gasteiger partial charge in [-0.2, -0.15) is 5.10 Å². The van der Waals surface area contributed by atoms with E-state index in [4.69, 9.17) is 27.1 Å². The van der Waals surface area contributed by atoms with Gasteiger partial charge in [-0.1, -0.05) is 60.1 Å². The summed E-state index contributed by atoms with van der Waals surface area (Å²) in [4.78, 5) is 24.3. The summed E-state index contributed by atoms with van der Waals surface area (Å²) in [5, 5.41) is 12.2. The molecule has 1 unspecified atom stereocenters. The molecule has 2 heterocycles. The van der Waals surface area contributed by atoms with Crippen molar-refractivity contribution < 1.29 is 9.53 Å². The Morgan fingerprint density at radius 2 is 1.87 bits per heavy atom. The Morgan fingerprint density at radius 1 is 1.13 bits per heavy atom. The third-order valence-electron chi connectivity index (χ3n) is 6.89. The summed E-state index contributed by atoms with van der Waals surface area (Å²) in [6.45, 7) is 6.09. The number of nitrogens with two attached hydrogens (primary N) is 1. The summed E-state index contributed by atoms with van der Waals surface area (Å²) in [6, 6.07) is 17.4. The molecule has 10 heteroatoms. The quantitative estimate of drug-likeness (QED) is 0.280. The average molecular weight is 548 g/mol. The van der Waals surface area contributed by atoms with Gasteiger partial charge >= 0.3 is 6.09 Å². The first-order valence-electron chi connectivity index (χ1n) is 13.2. The van der Waals surface area contributed by atoms with Gasteiger partial charge in [0.05, 0.1) is 16.7 Å². The van der Waals surface area contributed by atoms with E-state index in [9.17, 15) is 4.79 Å². The van der Waals surface area contributed by atoms with Gasteiger partial charge in [0.15, 0.2) is 0 Å². The van der Waals surface area contributed by atoms with E-state index in [1.807, 2.05) is 80.3 Å². The minimum Gasteiger partial charge on any atom is -0.444 e. The van der Waals surface area contributed by atoms with Crippen molar-refractivity contribution in [2.24, 2.45) is 5.73 Å². The van der Waals surface area contributed by atoms with Crippen LogP contribution in [0.15, 0.2) is 60.8 Å². The number of hydrogen-bond acceptors (Lipinski definition) is 7. The van der Waals surface area contributed by atoms with E-state index in [0.717, 1.165) is 29.3 Å². The Morgan fingerprint density at radius 3 is 2.64 bits per heavy atom. The lowest BCUT2D eigenvalue weighted by Crippen LogP contribution is -2.53. The number of hydrogen-bond donors (Lipinski definition) is 3. The highest BCUT2D eigenvalue weighted by Crippen LogP contribution is 2.32. The molecule has 3 atom stereocenters. The number of fused-ring (bicyclic) bond motifs is 1. The minimum absolute atomic E-state index is 0.0700. The van der Waals surface area contributed by atoms with Crippen molar-refractivity contribution in [2.75, 3.05) is 5.32 Å². The molecule has 39 heavy (non-hydrogen) atoms. The van der Waals surface area contributed by atoms with Crippen molar-refractivity contribution in [3.8, 4) is 11.4 Å². The van der Waals surface area contributed by atoms with Crippen molar-refractivity contribution in [1.29, 1.82) is 0 Å². The Hall–Kier alpha value is -3.69. The predicted octanol–water partition coefficient (Wildman–Crippen LogP) is 5.77. The first-order valence-corrected chi connectivity index (χ1v) is 13.6. The fourth-order valence-electron chi connectivity index (χ4n) is 4.98. The molecule has 1 saturated carbocycles. The number of rotatable bonds is 6. The third-order valence-corrected chi connectivity index (χ3v) is 7.17. The van der Waals surface area contributed by atoms with Gasteiger partial charge in [-0.15, -0.1) is 0 Å². The van der Waals surface area contributed by atoms with Gasteiger partial charge in [-0.25, -0.2) is 14.8 Å². The lowest BCUT2D eigenvalue weighted by atomic mass is 9.86. The minimum atomic E-state index is -0.598. The fraction of sp³-hybridized carbons (Fsp3) is 0.379. The number of H-pyrrole nitrogens is 1. The molecule has 4 N–H and O–H groups in total. The van der Waals surface area contributed by atoms with Gasteiger partial charge in [0.1, 0.15) is 17.0 Å². The Kier molecular flexibility index (Phi) is 7.72. The smallest absolute Gasteiger partial charge is 0.410 e. The first kappa shape index (κ1) is 26.9. The first-order chi connectivity index (χ1) is 18.7. The molecular formula is C29H34ClN7O2. The van der Waals surface area contributed by atoms with E-state index in [-0.39, 0.29) is 24.2 Å². The summed E-state index contributed by atoms with van der Waals surface area (Å²) >= 11 is 6.50. The van der Waals surface area contributed by atoms with Gasteiger partial charge in [-0.05, 0) is 51.7 Å². The lowest BCUT2D eigenvalue weighted by Gasteiger charge is -2.40. The normalized spacial score (nSPS) is 19.6. The van der Waals surface area contributed by atoms with E-state index in [1.54, 1.807) is 6.20 Å². The number of anilines is 1. The van der Waals surface area contributed by atoms with Crippen LogP contribution in [0.1, 0.15) is 45.6 Å². The van der Waals surface area contributed by atoms with Crippen molar-refractivity contribution in [3.05, 3.63) is 71.4 Å². The van der Waals surface area contributed by atoms with E-state index >= 15 is 0 Å². The molecule has 204 valence electrons. The Labute approximate surface area is 233 Å². The highest BCUT2D eigenvalue weighted by Gasteiger charge is 2.36. The van der Waals surface area contributed by atoms with Crippen LogP contribution in [0.25, 0.3) is 22.3 Å². The number of halogens is 1. The summed E-state index contributed by atoms with van der Waals surface area (Å²) in [5.41, 5.74) is 9.09. The summed E-state index contributed by atoms with van der Waals surface area (Å²) < 4.78 is 5.80. The average Bonchev–Trinajstić information content (AvgIpc) is 3.33. The summed E-state index contributed by atoms with van der Waals surface area (Å²) in [7, 11) is 0. The second kappa shape index (κ2) is 11.2. The van der Waals surface area contributed by atoms with Crippen LogP contribution in [-0.2, 0) is 11.3 Å². The lowest BCUT2D eigenvalue weighted by molar-refractivity contribution is 0.00869. The SMILES string of the molecule is CC(C)(C)OC(=O)N(Cc1ccccc1)[C@H]1CCC(N)[C@H](Nc2ncc(Cl)c(-c3n[nH]c4ccccc34)n2)C1. The molecule has 0 saturated heterocycles. The maximum atomic E-state index is 13.3. The zero-order valence-electron chi connectivity index (χ0n) is 22.4. The van der Waals surface area contributed by atoms with E-state index < -0.39 is 5.60 Å². The summed E-state index contributed by atoms with van der Waals surface area (Å²) in [5.74, 6) is 0.412. The monoisotopic (exact) mass is 547 g/mol. The number of aromatic amines is 1. The highest BCUT2D eigenvalue weighted by molar-refractivity contribution is 6.33. The van der Waals surface area contributed by atoms with Gasteiger partial charge in [0, 0.05) is 30.1 Å². The second-order valence-corrected chi connectivity index (χ2v) is 11.4. The van der Waals surface area contributed by atoms with Gasteiger partial charge in [0.25, 0.3) is 0 Å². The molecule has 2 aromatic heterocycles. The molecule has 1 amide bonds. The van der Waals surface area contributed by atoms with Crippen LogP contribution in [0.2, 0.25) is 5.02 Å². The maximum Gasteiger partial charge on any atom is 0.410 e. The maximum absolute atomic E-state index is 13.3. The van der Waals surface area contributed by atoms with Crippen molar-refractivity contribution in [2.45, 2.75) is 70.3 Å². The molecule has 0 radical (unpaired) electrons. The van der Waals surface area contributed by atoms with Crippen molar-refractivity contribution in [1.82, 2.24) is 25.1 Å². The van der Waals surface area contributed by atoms with Crippen LogP contribution in [0.4, 0.5) is 10.7 Å². The van der Waals surface area contributed by atoms with Crippen molar-refractivity contribution in [3.63, 3.8) is 0 Å². The number of nitrogens with one attached hydrogen (secondary N) is 2. The van der Waals surface area contributed by atoms with Gasteiger partial charge < -0.3 is 20.7 Å². The van der Waals surface area contributed by atoms with E-state index in [1.165, 1.54) is 0 Å². The fourth-order valence-corrected chi connectivity index (χ4v) is 5.16. The van der Waals surface area contributed by atoms with Crippen LogP contribution in [-0.4, -0.2) is 54.9 Å². The molecule has 9 nitrogen and oxygen atoms in total. The molecular weight excluding hydrogens is 514 g/mol. The Balaban J connectivity index is 1.38. The largest absolute Gasteiger partial charge is 0.444 e. The van der Waals surface area contributed by atoms with Gasteiger partial charge in [0.2, 0.25) is 5.95 Å². The zero-order valence-corrected chi connectivity index (χ0v) is 23.2. The second-order valence-electron chi connectivity index (χ2n) is 11.0. The topological polar surface area (TPSA) is 122 Å². The van der Waals surface area contributed by atoms with E-state index in [2.05, 4.69) is 20.5 Å². The number of ether oxygens (including phenoxy) is 1. The standard InChI is InChI=1S/C29H34ClN7O2/c1-29(2,3)39-28(38)37(17-18-9-5-4-6-10-18)19-13-14-22(31)24(15-19)33-27-32-16-21(30)26(34-27)25-20-11-7-8-12-23(20)35-36-25/h4-12,16,19,22,24H,13-15,17,31H2,1-3H3,(H,35,36)(H,32,33,34)/t19-,22?,24+/m0/s1. The highest BCUT2D eigenvalue weighted by atomic mass is 35.5. The number of amides is 1.